The summed E-state index contributed by atoms with van der Waals surface area (Å²) in [5.74, 6) is 0. The van der Waals surface area contributed by atoms with Crippen LogP contribution in [0.25, 0.3) is 75.8 Å². The molecule has 0 spiro atoms. The van der Waals surface area contributed by atoms with Crippen molar-refractivity contribution in [2.45, 2.75) is 0 Å². The maximum Gasteiger partial charge on any atom is -0.00132 e. The second kappa shape index (κ2) is 5.75. The summed E-state index contributed by atoms with van der Waals surface area (Å²) >= 11 is 0. The van der Waals surface area contributed by atoms with Crippen LogP contribution in [0.4, 0.5) is 0 Å². The minimum Gasteiger partial charge on any atom is -0.0616 e. The molecule has 0 amide bonds. The van der Waals surface area contributed by atoms with Gasteiger partial charge in [-0.05, 0) is 87.9 Å². The van der Waals surface area contributed by atoms with Crippen LogP contribution in [0.2, 0.25) is 0 Å². The largest absolute Gasteiger partial charge is 0.0616 e. The first kappa shape index (κ1) is 16.5. The van der Waals surface area contributed by atoms with E-state index in [4.69, 9.17) is 0 Å². The highest BCUT2D eigenvalue weighted by atomic mass is 14.2. The zero-order chi connectivity index (χ0) is 20.8. The number of hydrogen-bond acceptors (Lipinski definition) is 0. The van der Waals surface area contributed by atoms with Crippen LogP contribution in [-0.4, -0.2) is 0 Å². The molecule has 6 aromatic rings. The van der Waals surface area contributed by atoms with E-state index in [0.29, 0.717) is 0 Å². The van der Waals surface area contributed by atoms with E-state index in [9.17, 15) is 0 Å². The van der Waals surface area contributed by atoms with Gasteiger partial charge in [-0.1, -0.05) is 97.1 Å². The topological polar surface area (TPSA) is 0 Å². The molecule has 0 heterocycles. The monoisotopic (exact) mass is 402 g/mol. The van der Waals surface area contributed by atoms with Crippen molar-refractivity contribution >= 4 is 64.6 Å². The number of rotatable bonds is 0. The summed E-state index contributed by atoms with van der Waals surface area (Å²) in [4.78, 5) is 0. The Kier molecular flexibility index (Phi) is 2.97. The smallest absolute Gasteiger partial charge is 0.00132 e. The van der Waals surface area contributed by atoms with E-state index in [-0.39, 0.29) is 0 Å². The average molecular weight is 402 g/mol. The highest BCUT2D eigenvalue weighted by molar-refractivity contribution is 6.37. The predicted molar refractivity (Wildman–Crippen MR) is 139 cm³/mol. The zero-order valence-electron chi connectivity index (χ0n) is 17.4. The molecule has 2 aliphatic carbocycles. The second-order valence-electron chi connectivity index (χ2n) is 8.91. The maximum absolute atomic E-state index is 2.44. The van der Waals surface area contributed by atoms with Crippen molar-refractivity contribution in [2.75, 3.05) is 0 Å². The predicted octanol–water partition coefficient (Wildman–Crippen LogP) is 9.15. The fourth-order valence-corrected chi connectivity index (χ4v) is 6.03. The molecular formula is C32H18. The van der Waals surface area contributed by atoms with Gasteiger partial charge in [0.25, 0.3) is 0 Å². The van der Waals surface area contributed by atoms with E-state index >= 15 is 0 Å². The number of fused-ring (bicyclic) bond motifs is 8. The van der Waals surface area contributed by atoms with E-state index in [1.165, 1.54) is 75.8 Å². The fraction of sp³-hybridized carbons (Fsp3) is 0. The third-order valence-corrected chi connectivity index (χ3v) is 7.31. The van der Waals surface area contributed by atoms with E-state index in [0.717, 1.165) is 0 Å². The van der Waals surface area contributed by atoms with Crippen molar-refractivity contribution in [3.05, 3.63) is 109 Å². The molecule has 146 valence electrons. The standard InChI is InChI=1S/C32H18/c1-3-12-23-19(7-1)15-16-26-30(23)28-18-22-11-5-9-20-10-6-14-25(29(20)22)27-17-21-8-2-4-13-24(21)31(26)32(27)28/h1-18H. The van der Waals surface area contributed by atoms with Gasteiger partial charge in [0.05, 0.1) is 0 Å². The van der Waals surface area contributed by atoms with Crippen LogP contribution in [0.15, 0.2) is 109 Å². The summed E-state index contributed by atoms with van der Waals surface area (Å²) in [6, 6.07) is 40.5. The Balaban J connectivity index is 1.82. The molecule has 32 heavy (non-hydrogen) atoms. The van der Waals surface area contributed by atoms with Crippen LogP contribution in [0.5, 0.6) is 0 Å². The number of benzene rings is 6. The quantitative estimate of drug-likeness (QED) is 0.237. The molecular weight excluding hydrogens is 384 g/mol. The fourth-order valence-electron chi connectivity index (χ4n) is 6.03. The van der Waals surface area contributed by atoms with Gasteiger partial charge in [0.2, 0.25) is 0 Å². The minimum absolute atomic E-state index is 1.30. The normalized spacial score (nSPS) is 12.4. The van der Waals surface area contributed by atoms with Crippen LogP contribution in [-0.2, 0) is 0 Å². The Labute approximate surface area is 185 Å². The summed E-state index contributed by atoms with van der Waals surface area (Å²) in [5, 5.41) is 16.0. The molecule has 0 saturated heterocycles. The van der Waals surface area contributed by atoms with Crippen molar-refractivity contribution in [2.24, 2.45) is 0 Å². The average Bonchev–Trinajstić information content (AvgIpc) is 3.11. The molecule has 0 nitrogen and oxygen atoms in total. The maximum atomic E-state index is 2.44. The van der Waals surface area contributed by atoms with E-state index in [1.54, 1.807) is 0 Å². The zero-order valence-corrected chi connectivity index (χ0v) is 17.4. The molecule has 0 unspecified atom stereocenters. The molecule has 0 bridgehead atoms. The molecule has 0 atom stereocenters. The molecule has 0 fully saturated rings. The van der Waals surface area contributed by atoms with Gasteiger partial charge in [-0.3, -0.25) is 0 Å². The molecule has 0 N–H and O–H groups in total. The minimum atomic E-state index is 1.30. The molecule has 2 aliphatic rings. The summed E-state index contributed by atoms with van der Waals surface area (Å²) in [6.45, 7) is 0. The number of hydrogen-bond donors (Lipinski definition) is 0. The van der Waals surface area contributed by atoms with Crippen molar-refractivity contribution in [3.63, 3.8) is 0 Å². The Morgan fingerprint density at radius 1 is 0.312 bits per heavy atom. The lowest BCUT2D eigenvalue weighted by molar-refractivity contribution is 1.81. The first-order valence-electron chi connectivity index (χ1n) is 11.2. The van der Waals surface area contributed by atoms with Gasteiger partial charge in [-0.15, -0.1) is 0 Å². The van der Waals surface area contributed by atoms with Gasteiger partial charge in [0.15, 0.2) is 0 Å². The van der Waals surface area contributed by atoms with Crippen LogP contribution in [0.3, 0.4) is 0 Å². The molecule has 6 aromatic carbocycles. The lowest BCUT2D eigenvalue weighted by Crippen LogP contribution is -1.80. The summed E-state index contributed by atoms with van der Waals surface area (Å²) in [5.41, 5.74) is 2.75. The molecule has 0 heteroatoms. The molecule has 0 aromatic heterocycles. The van der Waals surface area contributed by atoms with E-state index in [2.05, 4.69) is 109 Å². The summed E-state index contributed by atoms with van der Waals surface area (Å²) < 4.78 is 0. The molecule has 8 rings (SSSR count). The highest BCUT2D eigenvalue weighted by Crippen LogP contribution is 2.51. The lowest BCUT2D eigenvalue weighted by atomic mass is 9.95. The van der Waals surface area contributed by atoms with Crippen LogP contribution in [0.1, 0.15) is 0 Å². The van der Waals surface area contributed by atoms with Gasteiger partial charge in [-0.2, -0.15) is 0 Å². The highest BCUT2D eigenvalue weighted by Gasteiger charge is 2.22. The molecule has 0 saturated carbocycles. The van der Waals surface area contributed by atoms with Crippen molar-refractivity contribution in [1.82, 2.24) is 0 Å². The van der Waals surface area contributed by atoms with Gasteiger partial charge >= 0.3 is 0 Å². The van der Waals surface area contributed by atoms with Crippen LogP contribution < -0.4 is 0 Å². The van der Waals surface area contributed by atoms with Gasteiger partial charge in [0.1, 0.15) is 0 Å². The van der Waals surface area contributed by atoms with Gasteiger partial charge in [-0.25, -0.2) is 0 Å². The second-order valence-corrected chi connectivity index (χ2v) is 8.91. The third kappa shape index (κ3) is 1.93. The summed E-state index contributed by atoms with van der Waals surface area (Å²) in [7, 11) is 0. The van der Waals surface area contributed by atoms with Crippen molar-refractivity contribution < 1.29 is 0 Å². The van der Waals surface area contributed by atoms with Gasteiger partial charge < -0.3 is 0 Å². The van der Waals surface area contributed by atoms with Crippen molar-refractivity contribution in [3.8, 4) is 11.1 Å². The van der Waals surface area contributed by atoms with Crippen molar-refractivity contribution in [1.29, 1.82) is 0 Å². The van der Waals surface area contributed by atoms with Crippen LogP contribution >= 0.6 is 0 Å². The first-order chi connectivity index (χ1) is 15.9. The van der Waals surface area contributed by atoms with Gasteiger partial charge in [0, 0.05) is 0 Å². The van der Waals surface area contributed by atoms with E-state index in [1.807, 2.05) is 0 Å². The van der Waals surface area contributed by atoms with E-state index < -0.39 is 0 Å². The molecule has 0 radical (unpaired) electrons. The SMILES string of the molecule is c1ccc2c(c1)ccc1c2c2cc3cccc4cccc(c5cc6ccccc6c1c5-2)c43. The Bertz CT molecular complexity index is 1970. The Morgan fingerprint density at radius 2 is 0.969 bits per heavy atom. The van der Waals surface area contributed by atoms with Crippen LogP contribution in [0, 0.1) is 0 Å². The lowest BCUT2D eigenvalue weighted by Gasteiger charge is -2.08. The summed E-state index contributed by atoms with van der Waals surface area (Å²) in [6.07, 6.45) is 0. The Morgan fingerprint density at radius 3 is 1.84 bits per heavy atom. The third-order valence-electron chi connectivity index (χ3n) is 7.31. The molecule has 0 aliphatic heterocycles. The Hall–Kier alpha value is -4.16. The first-order valence-corrected chi connectivity index (χ1v) is 11.2.